The first-order valence-electron chi connectivity index (χ1n) is 12.3. The van der Waals surface area contributed by atoms with E-state index in [4.69, 9.17) is 11.4 Å². The molecular weight excluding hydrogens is 432 g/mol. The van der Waals surface area contributed by atoms with Crippen LogP contribution in [0.2, 0.25) is 0 Å². The number of aryl methyl sites for hydroxylation is 2. The molecule has 0 unspecified atom stereocenters. The van der Waals surface area contributed by atoms with Crippen molar-refractivity contribution in [2.45, 2.75) is 51.5 Å². The molecular formula is C29H28N6. The van der Waals surface area contributed by atoms with Crippen molar-refractivity contribution < 1.29 is 0 Å². The summed E-state index contributed by atoms with van der Waals surface area (Å²) in [5.74, 6) is 3.58. The number of nitrogens with zero attached hydrogens (tertiary/aromatic N) is 5. The summed E-state index contributed by atoms with van der Waals surface area (Å²) in [7, 11) is 0. The van der Waals surface area contributed by atoms with Crippen LogP contribution in [0.5, 0.6) is 0 Å². The molecule has 1 N–H and O–H groups in total. The van der Waals surface area contributed by atoms with E-state index in [0.717, 1.165) is 42.9 Å². The van der Waals surface area contributed by atoms with Crippen molar-refractivity contribution in [3.05, 3.63) is 72.3 Å². The van der Waals surface area contributed by atoms with E-state index in [1.165, 1.54) is 27.4 Å². The first kappa shape index (κ1) is 21.4. The van der Waals surface area contributed by atoms with E-state index < -0.39 is 0 Å². The minimum atomic E-state index is -0.312. The number of rotatable bonds is 9. The van der Waals surface area contributed by atoms with Gasteiger partial charge in [0.2, 0.25) is 5.95 Å². The quantitative estimate of drug-likeness (QED) is 0.248. The molecule has 6 heteroatoms. The Balaban J connectivity index is 1.28. The van der Waals surface area contributed by atoms with Gasteiger partial charge in [-0.2, -0.15) is 10.2 Å². The summed E-state index contributed by atoms with van der Waals surface area (Å²) in [6, 6.07) is 23.7. The molecule has 0 atom stereocenters. The van der Waals surface area contributed by atoms with Crippen LogP contribution >= 0.6 is 0 Å². The van der Waals surface area contributed by atoms with Crippen LogP contribution in [0.4, 0.5) is 5.95 Å². The Bertz CT molecular complexity index is 1610. The molecule has 174 valence electrons. The molecule has 3 heterocycles. The molecule has 6 nitrogen and oxygen atoms in total. The lowest BCUT2D eigenvalue weighted by molar-refractivity contribution is 0.475. The Morgan fingerprint density at radius 3 is 2.46 bits per heavy atom. The van der Waals surface area contributed by atoms with E-state index in [9.17, 15) is 0 Å². The van der Waals surface area contributed by atoms with Crippen molar-refractivity contribution in [1.29, 1.82) is 0 Å². The van der Waals surface area contributed by atoms with Crippen LogP contribution in [0, 0.1) is 12.3 Å². The van der Waals surface area contributed by atoms with Crippen LogP contribution in [0.25, 0.3) is 32.8 Å². The van der Waals surface area contributed by atoms with Crippen LogP contribution in [-0.2, 0) is 19.6 Å². The highest BCUT2D eigenvalue weighted by Gasteiger charge is 2.39. The Morgan fingerprint density at radius 2 is 1.66 bits per heavy atom. The predicted octanol–water partition coefficient (Wildman–Crippen LogP) is 6.74. The smallest absolute Gasteiger partial charge is 0.204 e. The molecule has 0 spiro atoms. The first-order valence-corrected chi connectivity index (χ1v) is 12.3. The second-order valence-corrected chi connectivity index (χ2v) is 9.18. The lowest BCUT2D eigenvalue weighted by Gasteiger charge is -2.14. The van der Waals surface area contributed by atoms with Crippen molar-refractivity contribution >= 4 is 38.8 Å². The maximum absolute atomic E-state index is 5.46. The second kappa shape index (κ2) is 8.59. The molecule has 0 aliphatic carbocycles. The van der Waals surface area contributed by atoms with Crippen molar-refractivity contribution in [2.75, 3.05) is 5.32 Å². The molecule has 5 aromatic rings. The average Bonchev–Trinajstić information content (AvgIpc) is 3.47. The second-order valence-electron chi connectivity index (χ2n) is 9.18. The van der Waals surface area contributed by atoms with E-state index in [2.05, 4.69) is 98.2 Å². The highest BCUT2D eigenvalue weighted by molar-refractivity contribution is 6.08. The van der Waals surface area contributed by atoms with E-state index in [0.29, 0.717) is 13.0 Å². The molecule has 35 heavy (non-hydrogen) atoms. The number of aromatic nitrogens is 3. The highest BCUT2D eigenvalue weighted by Crippen LogP contribution is 2.38. The maximum Gasteiger partial charge on any atom is 0.204 e. The monoisotopic (exact) mass is 460 g/mol. The minimum absolute atomic E-state index is 0.312. The van der Waals surface area contributed by atoms with Crippen LogP contribution in [0.1, 0.15) is 31.7 Å². The van der Waals surface area contributed by atoms with Gasteiger partial charge in [0, 0.05) is 60.7 Å². The number of fused-ring (bicyclic) bond motifs is 4. The number of para-hydroxylation sites is 3. The molecule has 3 aromatic carbocycles. The van der Waals surface area contributed by atoms with Crippen molar-refractivity contribution in [3.63, 3.8) is 0 Å². The fourth-order valence-corrected chi connectivity index (χ4v) is 5.13. The van der Waals surface area contributed by atoms with Gasteiger partial charge in [0.25, 0.3) is 0 Å². The van der Waals surface area contributed by atoms with Crippen molar-refractivity contribution in [3.8, 4) is 12.3 Å². The van der Waals surface area contributed by atoms with E-state index >= 15 is 0 Å². The van der Waals surface area contributed by atoms with Gasteiger partial charge in [-0.25, -0.2) is 4.98 Å². The average molecular weight is 461 g/mol. The van der Waals surface area contributed by atoms with Crippen molar-refractivity contribution in [2.24, 2.45) is 10.2 Å². The summed E-state index contributed by atoms with van der Waals surface area (Å²) in [6.07, 6.45) is 7.79. The lowest BCUT2D eigenvalue weighted by Crippen LogP contribution is -2.16. The van der Waals surface area contributed by atoms with Crippen LogP contribution in [0.15, 0.2) is 77.0 Å². The molecule has 0 bridgehead atoms. The third kappa shape index (κ3) is 3.83. The van der Waals surface area contributed by atoms with Gasteiger partial charge >= 0.3 is 0 Å². The highest BCUT2D eigenvalue weighted by atomic mass is 15.4. The lowest BCUT2D eigenvalue weighted by atomic mass is 10.0. The number of anilines is 1. The normalized spacial score (nSPS) is 14.1. The Hall–Kier alpha value is -4.11. The van der Waals surface area contributed by atoms with Gasteiger partial charge in [0.1, 0.15) is 0 Å². The fourth-order valence-electron chi connectivity index (χ4n) is 5.13. The zero-order valence-corrected chi connectivity index (χ0v) is 19.9. The van der Waals surface area contributed by atoms with Crippen LogP contribution in [0.3, 0.4) is 0 Å². The number of hydrogen-bond donors (Lipinski definition) is 1. The Morgan fingerprint density at radius 1 is 0.886 bits per heavy atom. The van der Waals surface area contributed by atoms with E-state index in [-0.39, 0.29) is 5.66 Å². The molecule has 1 aliphatic rings. The molecule has 0 saturated heterocycles. The van der Waals surface area contributed by atoms with Gasteiger partial charge in [-0.05, 0) is 42.8 Å². The summed E-state index contributed by atoms with van der Waals surface area (Å²) in [5.41, 5.74) is 5.58. The maximum atomic E-state index is 5.46. The number of nitrogens with one attached hydrogen (secondary N) is 1. The predicted molar refractivity (Wildman–Crippen MR) is 142 cm³/mol. The number of terminal acetylenes is 1. The summed E-state index contributed by atoms with van der Waals surface area (Å²) in [6.45, 7) is 4.63. The summed E-state index contributed by atoms with van der Waals surface area (Å²) >= 11 is 0. The van der Waals surface area contributed by atoms with Crippen molar-refractivity contribution in [1.82, 2.24) is 14.1 Å². The number of hydrogen-bond acceptors (Lipinski definition) is 4. The van der Waals surface area contributed by atoms with Gasteiger partial charge in [-0.1, -0.05) is 36.4 Å². The van der Waals surface area contributed by atoms with Crippen LogP contribution < -0.4 is 5.32 Å². The SMILES string of the molecule is C#CCCC1(CCn2c(NCc3ccc4c(c3)c3ccccc3n4CC)nc3ccccc32)N=N1. The fraction of sp³-hybridized carbons (Fsp3) is 0.276. The molecule has 0 saturated carbocycles. The third-order valence-corrected chi connectivity index (χ3v) is 7.05. The summed E-state index contributed by atoms with van der Waals surface area (Å²) < 4.78 is 4.63. The van der Waals surface area contributed by atoms with Gasteiger partial charge in [-0.15, -0.1) is 12.3 Å². The van der Waals surface area contributed by atoms with E-state index in [1.54, 1.807) is 0 Å². The number of benzene rings is 3. The minimum Gasteiger partial charge on any atom is -0.352 e. The summed E-state index contributed by atoms with van der Waals surface area (Å²) in [4.78, 5) is 4.89. The zero-order valence-electron chi connectivity index (χ0n) is 19.9. The first-order chi connectivity index (χ1) is 17.2. The van der Waals surface area contributed by atoms with Gasteiger partial charge in [0.15, 0.2) is 5.66 Å². The number of imidazole rings is 1. The third-order valence-electron chi connectivity index (χ3n) is 7.05. The van der Waals surface area contributed by atoms with E-state index in [1.807, 2.05) is 6.07 Å². The van der Waals surface area contributed by atoms with Crippen LogP contribution in [-0.4, -0.2) is 19.8 Å². The summed E-state index contributed by atoms with van der Waals surface area (Å²) in [5, 5.41) is 14.8. The topological polar surface area (TPSA) is 59.5 Å². The molecule has 0 amide bonds. The molecule has 6 rings (SSSR count). The largest absolute Gasteiger partial charge is 0.352 e. The standard InChI is InChI=1S/C29H28N6/c1-3-5-16-29(32-33-29)17-18-35-27-13-9-7-11-24(27)31-28(35)30-20-21-14-15-26-23(19-21)22-10-6-8-12-25(22)34(26)4-2/h1,6-15,19H,4-5,16-18,20H2,2H3,(H,30,31). The molecule has 2 aromatic heterocycles. The zero-order chi connectivity index (χ0) is 23.8. The molecule has 0 fully saturated rings. The van der Waals surface area contributed by atoms with Gasteiger partial charge < -0.3 is 14.5 Å². The Labute approximate surface area is 204 Å². The Kier molecular flexibility index (Phi) is 5.26. The van der Waals surface area contributed by atoms with Gasteiger partial charge in [-0.3, -0.25) is 0 Å². The molecule has 0 radical (unpaired) electrons. The van der Waals surface area contributed by atoms with Gasteiger partial charge in [0.05, 0.1) is 11.0 Å². The molecule has 1 aliphatic heterocycles.